The smallest absolute Gasteiger partial charge is 0.410 e. The van der Waals surface area contributed by atoms with Gasteiger partial charge in [0.2, 0.25) is 0 Å². The van der Waals surface area contributed by atoms with Crippen molar-refractivity contribution in [3.63, 3.8) is 0 Å². The standard InChI is InChI=1S/C28H38N4O6/c1-28(2,3)38-27(35)32-16-19-12-22(37-17-36-4)9-8-18(19)13-24(32)25(33)15-30-26(34)23-14-21(10-11-29-23)31-20-6-5-7-20/h8-12,14,20,24-25,33H,5-7,13,15-17H2,1-4H3,(H,29,31)(H,30,34)/t24?,25-/m1/s1. The lowest BCUT2D eigenvalue weighted by Crippen LogP contribution is -2.54. The highest BCUT2D eigenvalue weighted by Gasteiger charge is 2.37. The highest BCUT2D eigenvalue weighted by Crippen LogP contribution is 2.30. The van der Waals surface area contributed by atoms with E-state index in [1.807, 2.05) is 24.3 Å². The number of hydrogen-bond donors (Lipinski definition) is 3. The number of amides is 2. The molecule has 10 heteroatoms. The van der Waals surface area contributed by atoms with Gasteiger partial charge >= 0.3 is 6.09 Å². The molecule has 1 aromatic heterocycles. The number of hydrogen-bond acceptors (Lipinski definition) is 8. The van der Waals surface area contributed by atoms with Crippen LogP contribution in [0.3, 0.4) is 0 Å². The Balaban J connectivity index is 1.45. The van der Waals surface area contributed by atoms with E-state index >= 15 is 0 Å². The summed E-state index contributed by atoms with van der Waals surface area (Å²) >= 11 is 0. The molecular weight excluding hydrogens is 488 g/mol. The summed E-state index contributed by atoms with van der Waals surface area (Å²) in [7, 11) is 1.55. The van der Waals surface area contributed by atoms with Crippen molar-refractivity contribution in [3.05, 3.63) is 53.3 Å². The topological polar surface area (TPSA) is 122 Å². The van der Waals surface area contributed by atoms with Crippen LogP contribution in [0.4, 0.5) is 10.5 Å². The number of benzene rings is 1. The van der Waals surface area contributed by atoms with Crippen LogP contribution in [0.15, 0.2) is 36.5 Å². The zero-order chi connectivity index (χ0) is 27.3. The van der Waals surface area contributed by atoms with Crippen LogP contribution in [0.1, 0.15) is 61.6 Å². The van der Waals surface area contributed by atoms with Crippen molar-refractivity contribution in [3.8, 4) is 5.75 Å². The molecule has 1 aliphatic heterocycles. The van der Waals surface area contributed by atoms with Crippen molar-refractivity contribution in [1.29, 1.82) is 0 Å². The van der Waals surface area contributed by atoms with Crippen LogP contribution < -0.4 is 15.4 Å². The van der Waals surface area contributed by atoms with E-state index in [-0.39, 0.29) is 31.5 Å². The third-order valence-corrected chi connectivity index (χ3v) is 6.70. The lowest BCUT2D eigenvalue weighted by molar-refractivity contribution is -0.0114. The number of pyridine rings is 1. The number of anilines is 1. The zero-order valence-electron chi connectivity index (χ0n) is 22.5. The molecule has 1 aliphatic carbocycles. The van der Waals surface area contributed by atoms with Gasteiger partial charge in [0.05, 0.1) is 12.1 Å². The largest absolute Gasteiger partial charge is 0.468 e. The Bertz CT molecular complexity index is 1130. The molecule has 1 saturated carbocycles. The number of fused-ring (bicyclic) bond motifs is 1. The van der Waals surface area contributed by atoms with Crippen molar-refractivity contribution >= 4 is 17.7 Å². The minimum absolute atomic E-state index is 0.0465. The summed E-state index contributed by atoms with van der Waals surface area (Å²) in [5, 5.41) is 17.3. The summed E-state index contributed by atoms with van der Waals surface area (Å²) < 4.78 is 16.2. The molecule has 4 rings (SSSR count). The summed E-state index contributed by atoms with van der Waals surface area (Å²) in [6.45, 7) is 5.70. The van der Waals surface area contributed by atoms with Crippen molar-refractivity contribution in [2.24, 2.45) is 0 Å². The van der Waals surface area contributed by atoms with Crippen molar-refractivity contribution in [1.82, 2.24) is 15.2 Å². The van der Waals surface area contributed by atoms with E-state index in [0.29, 0.717) is 18.2 Å². The first-order valence-corrected chi connectivity index (χ1v) is 13.0. The number of aliphatic hydroxyl groups excluding tert-OH is 1. The number of aliphatic hydroxyl groups is 1. The molecule has 0 saturated heterocycles. The van der Waals surface area contributed by atoms with Crippen LogP contribution in [-0.2, 0) is 22.4 Å². The fourth-order valence-electron chi connectivity index (χ4n) is 4.52. The second-order valence-corrected chi connectivity index (χ2v) is 10.8. The maximum atomic E-state index is 13.1. The van der Waals surface area contributed by atoms with Gasteiger partial charge in [-0.1, -0.05) is 6.07 Å². The van der Waals surface area contributed by atoms with Crippen LogP contribution in [-0.4, -0.2) is 71.2 Å². The average Bonchev–Trinajstić information content (AvgIpc) is 2.86. The van der Waals surface area contributed by atoms with Gasteiger partial charge in [0.15, 0.2) is 6.79 Å². The van der Waals surface area contributed by atoms with Gasteiger partial charge in [-0.05, 0) is 81.8 Å². The molecule has 2 amide bonds. The monoisotopic (exact) mass is 526 g/mol. The predicted octanol–water partition coefficient (Wildman–Crippen LogP) is 3.48. The summed E-state index contributed by atoms with van der Waals surface area (Å²) in [5.74, 6) is 0.240. The fraction of sp³-hybridized carbons (Fsp3) is 0.536. The van der Waals surface area contributed by atoms with Gasteiger partial charge in [0, 0.05) is 38.1 Å². The van der Waals surface area contributed by atoms with E-state index in [0.717, 1.165) is 29.7 Å². The molecular formula is C28H38N4O6. The predicted molar refractivity (Wildman–Crippen MR) is 142 cm³/mol. The number of aromatic nitrogens is 1. The summed E-state index contributed by atoms with van der Waals surface area (Å²) in [6.07, 6.45) is 3.89. The number of methoxy groups -OCH3 is 1. The van der Waals surface area contributed by atoms with Gasteiger partial charge in [-0.15, -0.1) is 0 Å². The molecule has 1 aromatic carbocycles. The van der Waals surface area contributed by atoms with Gasteiger partial charge < -0.3 is 30.0 Å². The quantitative estimate of drug-likeness (QED) is 0.425. The van der Waals surface area contributed by atoms with Gasteiger partial charge in [0.25, 0.3) is 5.91 Å². The summed E-state index contributed by atoms with van der Waals surface area (Å²) in [4.78, 5) is 31.7. The first-order chi connectivity index (χ1) is 18.1. The molecule has 38 heavy (non-hydrogen) atoms. The molecule has 10 nitrogen and oxygen atoms in total. The molecule has 2 atom stereocenters. The molecule has 3 N–H and O–H groups in total. The number of nitrogens with zero attached hydrogens (tertiary/aromatic N) is 2. The highest BCUT2D eigenvalue weighted by molar-refractivity contribution is 5.93. The second-order valence-electron chi connectivity index (χ2n) is 10.8. The Kier molecular flexibility index (Phi) is 8.73. The molecule has 0 spiro atoms. The minimum atomic E-state index is -1.03. The number of carbonyl (C=O) groups excluding carboxylic acids is 2. The fourth-order valence-corrected chi connectivity index (χ4v) is 4.52. The van der Waals surface area contributed by atoms with E-state index in [4.69, 9.17) is 14.2 Å². The van der Waals surface area contributed by atoms with Gasteiger partial charge in [-0.2, -0.15) is 0 Å². The molecule has 2 heterocycles. The Morgan fingerprint density at radius 1 is 1.18 bits per heavy atom. The van der Waals surface area contributed by atoms with Gasteiger partial charge in [-0.3, -0.25) is 14.7 Å². The van der Waals surface area contributed by atoms with E-state index in [2.05, 4.69) is 15.6 Å². The molecule has 2 aromatic rings. The normalized spacial score (nSPS) is 18.1. The number of nitrogens with one attached hydrogen (secondary N) is 2. The van der Waals surface area contributed by atoms with Crippen molar-refractivity contribution in [2.75, 3.05) is 25.8 Å². The highest BCUT2D eigenvalue weighted by atomic mass is 16.7. The third-order valence-electron chi connectivity index (χ3n) is 6.70. The molecule has 0 radical (unpaired) electrons. The Hall–Kier alpha value is -3.37. The van der Waals surface area contributed by atoms with E-state index in [9.17, 15) is 14.7 Å². The Labute approximate surface area is 223 Å². The summed E-state index contributed by atoms with van der Waals surface area (Å²) in [5.41, 5.74) is 2.31. The zero-order valence-corrected chi connectivity index (χ0v) is 22.5. The van der Waals surface area contributed by atoms with E-state index in [1.54, 1.807) is 40.1 Å². The van der Waals surface area contributed by atoms with Crippen LogP contribution in [0.5, 0.6) is 5.75 Å². The average molecular weight is 527 g/mol. The van der Waals surface area contributed by atoms with Crippen LogP contribution in [0.2, 0.25) is 0 Å². The number of ether oxygens (including phenoxy) is 3. The molecule has 0 bridgehead atoms. The SMILES string of the molecule is COCOc1ccc2c(c1)CN(C(=O)OC(C)(C)C)C([C@H](O)CNC(=O)c1cc(NC3CCC3)ccn1)C2. The molecule has 206 valence electrons. The van der Waals surface area contributed by atoms with Crippen molar-refractivity contribution < 1.29 is 28.9 Å². The van der Waals surface area contributed by atoms with Gasteiger partial charge in [-0.25, -0.2) is 4.79 Å². The lowest BCUT2D eigenvalue weighted by atomic mass is 9.91. The minimum Gasteiger partial charge on any atom is -0.468 e. The van der Waals surface area contributed by atoms with E-state index < -0.39 is 23.8 Å². The number of rotatable bonds is 9. The van der Waals surface area contributed by atoms with Crippen LogP contribution >= 0.6 is 0 Å². The van der Waals surface area contributed by atoms with Crippen LogP contribution in [0, 0.1) is 0 Å². The molecule has 1 unspecified atom stereocenters. The van der Waals surface area contributed by atoms with E-state index in [1.165, 1.54) is 11.3 Å². The Morgan fingerprint density at radius 3 is 2.66 bits per heavy atom. The first-order valence-electron chi connectivity index (χ1n) is 13.0. The van der Waals surface area contributed by atoms with Crippen molar-refractivity contribution in [2.45, 2.75) is 76.8 Å². The summed E-state index contributed by atoms with van der Waals surface area (Å²) in [6, 6.07) is 9.03. The number of carbonyl (C=O) groups is 2. The maximum absolute atomic E-state index is 13.1. The molecule has 2 aliphatic rings. The molecule has 1 fully saturated rings. The first kappa shape index (κ1) is 27.7. The van der Waals surface area contributed by atoms with Crippen LogP contribution in [0.25, 0.3) is 0 Å². The maximum Gasteiger partial charge on any atom is 0.410 e. The second kappa shape index (κ2) is 12.0. The Morgan fingerprint density at radius 2 is 1.97 bits per heavy atom. The van der Waals surface area contributed by atoms with Gasteiger partial charge in [0.1, 0.15) is 17.0 Å². The lowest BCUT2D eigenvalue weighted by Gasteiger charge is -2.40. The third kappa shape index (κ3) is 7.14.